The zero-order chi connectivity index (χ0) is 26.0. The fourth-order valence-electron chi connectivity index (χ4n) is 3.75. The zero-order valence-electron chi connectivity index (χ0n) is 20.3. The van der Waals surface area contributed by atoms with Crippen molar-refractivity contribution < 1.29 is 22.7 Å². The van der Waals surface area contributed by atoms with Gasteiger partial charge in [-0.25, -0.2) is 12.8 Å². The zero-order valence-corrected chi connectivity index (χ0v) is 21.1. The van der Waals surface area contributed by atoms with Gasteiger partial charge >= 0.3 is 0 Å². The lowest BCUT2D eigenvalue weighted by molar-refractivity contribution is 0.281. The maximum atomic E-state index is 13.9. The molecule has 0 aliphatic rings. The summed E-state index contributed by atoms with van der Waals surface area (Å²) in [6.45, 7) is 5.72. The first-order valence-electron chi connectivity index (χ1n) is 10.8. The molecule has 0 aliphatic heterocycles. The highest BCUT2D eigenvalue weighted by atomic mass is 32.2. The molecule has 1 aromatic heterocycles. The Morgan fingerprint density at radius 2 is 1.80 bits per heavy atom. The Bertz CT molecular complexity index is 1440. The molecule has 0 bridgehead atoms. The van der Waals surface area contributed by atoms with Crippen LogP contribution in [-0.4, -0.2) is 31.9 Å². The molecule has 0 amide bonds. The minimum atomic E-state index is -3.46. The van der Waals surface area contributed by atoms with Crippen LogP contribution in [0.3, 0.4) is 0 Å². The fraction of sp³-hybridized carbons (Fsp3) is 0.269. The Morgan fingerprint density at radius 3 is 2.40 bits per heavy atom. The average molecular weight is 501 g/mol. The first-order valence-corrected chi connectivity index (χ1v) is 12.7. The molecule has 0 saturated heterocycles. The molecule has 3 aromatic rings. The van der Waals surface area contributed by atoms with Gasteiger partial charge in [0, 0.05) is 28.6 Å². The van der Waals surface area contributed by atoms with Crippen molar-refractivity contribution in [3.63, 3.8) is 0 Å². The third-order valence-corrected chi connectivity index (χ3v) is 5.97. The Hall–Kier alpha value is -3.43. The van der Waals surface area contributed by atoms with Crippen LogP contribution >= 0.6 is 0 Å². The number of sulfonamides is 1. The number of aromatic amines is 1. The monoisotopic (exact) mass is 500 g/mol. The molecule has 0 spiro atoms. The number of ether oxygens (including phenoxy) is 1. The summed E-state index contributed by atoms with van der Waals surface area (Å²) in [5, 5.41) is 9.83. The summed E-state index contributed by atoms with van der Waals surface area (Å²) < 4.78 is 45.1. The van der Waals surface area contributed by atoms with Crippen molar-refractivity contribution in [2.45, 2.75) is 32.8 Å². The summed E-state index contributed by atoms with van der Waals surface area (Å²) in [6.07, 6.45) is 5.61. The van der Waals surface area contributed by atoms with E-state index in [0.29, 0.717) is 33.7 Å². The van der Waals surface area contributed by atoms with Crippen LogP contribution in [0.4, 0.5) is 10.1 Å². The SMILES string of the molecule is COc1c(/C=C/c2ccc(NS(C)(=O)=O)cc2CO)cc(-c2cc(F)c[nH]c2=O)cc1C(C)(C)C. The lowest BCUT2D eigenvalue weighted by atomic mass is 9.83. The standard InChI is InChI=1S/C26H29FN2O5S/c1-26(2,3)23-12-18(22-13-20(27)14-28-25(22)31)10-17(24(23)34-4)7-6-16-8-9-21(11-19(16)15-30)29-35(5,32)33/h6-14,29-30H,15H2,1-5H3,(H,28,31)/b7-6+. The van der Waals surface area contributed by atoms with E-state index in [9.17, 15) is 22.7 Å². The van der Waals surface area contributed by atoms with E-state index < -0.39 is 21.4 Å². The summed E-state index contributed by atoms with van der Waals surface area (Å²) in [5.74, 6) is 0.0476. The minimum Gasteiger partial charge on any atom is -0.496 e. The second kappa shape index (κ2) is 10.1. The van der Waals surface area contributed by atoms with Gasteiger partial charge < -0.3 is 14.8 Å². The van der Waals surface area contributed by atoms with Crippen LogP contribution in [0, 0.1) is 5.82 Å². The number of anilines is 1. The number of rotatable bonds is 7. The van der Waals surface area contributed by atoms with Crippen LogP contribution in [0.2, 0.25) is 0 Å². The number of aliphatic hydroxyl groups excluding tert-OH is 1. The van der Waals surface area contributed by atoms with Crippen molar-refractivity contribution >= 4 is 27.9 Å². The number of hydrogen-bond acceptors (Lipinski definition) is 5. The van der Waals surface area contributed by atoms with Gasteiger partial charge in [0.2, 0.25) is 10.0 Å². The van der Waals surface area contributed by atoms with E-state index in [-0.39, 0.29) is 17.6 Å². The van der Waals surface area contributed by atoms with Gasteiger partial charge in [-0.3, -0.25) is 9.52 Å². The molecular formula is C26H29FN2O5S. The molecule has 1 heterocycles. The molecule has 0 saturated carbocycles. The molecule has 0 aliphatic carbocycles. The van der Waals surface area contributed by atoms with Crippen LogP contribution in [0.5, 0.6) is 5.75 Å². The lowest BCUT2D eigenvalue weighted by Gasteiger charge is -2.24. The number of H-pyrrole nitrogens is 1. The van der Waals surface area contributed by atoms with Crippen molar-refractivity contribution in [2.24, 2.45) is 0 Å². The summed E-state index contributed by atoms with van der Waals surface area (Å²) in [7, 11) is -1.90. The first-order chi connectivity index (χ1) is 16.3. The molecule has 3 rings (SSSR count). The van der Waals surface area contributed by atoms with Gasteiger partial charge in [0.15, 0.2) is 0 Å². The normalized spacial score (nSPS) is 12.2. The van der Waals surface area contributed by atoms with Crippen LogP contribution in [0.25, 0.3) is 23.3 Å². The second-order valence-corrected chi connectivity index (χ2v) is 11.0. The van der Waals surface area contributed by atoms with Crippen LogP contribution in [0.15, 0.2) is 47.4 Å². The molecule has 7 nitrogen and oxygen atoms in total. The van der Waals surface area contributed by atoms with E-state index in [1.54, 1.807) is 43.5 Å². The van der Waals surface area contributed by atoms with Crippen molar-refractivity contribution in [3.05, 3.63) is 81.0 Å². The number of aliphatic hydroxyl groups is 1. The average Bonchev–Trinajstić information content (AvgIpc) is 2.77. The number of pyridine rings is 1. The Labute approximate surface area is 204 Å². The van der Waals surface area contributed by atoms with Crippen molar-refractivity contribution in [1.82, 2.24) is 4.98 Å². The Balaban J connectivity index is 2.17. The third-order valence-electron chi connectivity index (χ3n) is 5.37. The third kappa shape index (κ3) is 6.37. The van der Waals surface area contributed by atoms with Gasteiger partial charge in [-0.15, -0.1) is 0 Å². The van der Waals surface area contributed by atoms with E-state index in [0.717, 1.165) is 18.0 Å². The number of benzene rings is 2. The molecule has 2 aromatic carbocycles. The highest BCUT2D eigenvalue weighted by Gasteiger charge is 2.23. The summed E-state index contributed by atoms with van der Waals surface area (Å²) in [4.78, 5) is 14.9. The number of hydrogen-bond donors (Lipinski definition) is 3. The van der Waals surface area contributed by atoms with E-state index in [1.807, 2.05) is 26.8 Å². The molecule has 0 unspecified atom stereocenters. The molecule has 0 fully saturated rings. The highest BCUT2D eigenvalue weighted by molar-refractivity contribution is 7.92. The molecule has 9 heteroatoms. The predicted molar refractivity (Wildman–Crippen MR) is 137 cm³/mol. The summed E-state index contributed by atoms with van der Waals surface area (Å²) in [5.41, 5.74) is 2.97. The summed E-state index contributed by atoms with van der Waals surface area (Å²) in [6, 6.07) is 9.60. The number of methoxy groups -OCH3 is 1. The van der Waals surface area contributed by atoms with Gasteiger partial charge in [0.1, 0.15) is 11.6 Å². The summed E-state index contributed by atoms with van der Waals surface area (Å²) >= 11 is 0. The van der Waals surface area contributed by atoms with Crippen LogP contribution < -0.4 is 15.0 Å². The lowest BCUT2D eigenvalue weighted by Crippen LogP contribution is -2.15. The van der Waals surface area contributed by atoms with E-state index in [2.05, 4.69) is 9.71 Å². The highest BCUT2D eigenvalue weighted by Crippen LogP contribution is 2.38. The van der Waals surface area contributed by atoms with Gasteiger partial charge in [-0.05, 0) is 52.4 Å². The Kier molecular flexibility index (Phi) is 7.52. The van der Waals surface area contributed by atoms with Crippen molar-refractivity contribution in [2.75, 3.05) is 18.1 Å². The van der Waals surface area contributed by atoms with Crippen LogP contribution in [0.1, 0.15) is 43.0 Å². The van der Waals surface area contributed by atoms with E-state index in [1.165, 1.54) is 6.07 Å². The van der Waals surface area contributed by atoms with Crippen LogP contribution in [-0.2, 0) is 22.0 Å². The second-order valence-electron chi connectivity index (χ2n) is 9.24. The quantitative estimate of drug-likeness (QED) is 0.414. The van der Waals surface area contributed by atoms with E-state index in [4.69, 9.17) is 4.74 Å². The topological polar surface area (TPSA) is 108 Å². The van der Waals surface area contributed by atoms with Crippen molar-refractivity contribution in [3.8, 4) is 16.9 Å². The van der Waals surface area contributed by atoms with E-state index >= 15 is 0 Å². The largest absolute Gasteiger partial charge is 0.496 e. The fourth-order valence-corrected chi connectivity index (χ4v) is 4.30. The smallest absolute Gasteiger partial charge is 0.256 e. The van der Waals surface area contributed by atoms with Gasteiger partial charge in [-0.1, -0.05) is 39.0 Å². The van der Waals surface area contributed by atoms with Crippen molar-refractivity contribution in [1.29, 1.82) is 0 Å². The molecular weight excluding hydrogens is 471 g/mol. The Morgan fingerprint density at radius 1 is 1.11 bits per heavy atom. The van der Waals surface area contributed by atoms with Gasteiger partial charge in [-0.2, -0.15) is 0 Å². The maximum absolute atomic E-state index is 13.9. The minimum absolute atomic E-state index is 0.194. The van der Waals surface area contributed by atoms with Gasteiger partial charge in [0.05, 0.1) is 20.0 Å². The molecule has 3 N–H and O–H groups in total. The molecule has 0 radical (unpaired) electrons. The number of halogens is 1. The van der Waals surface area contributed by atoms with Gasteiger partial charge in [0.25, 0.3) is 5.56 Å². The number of nitrogens with one attached hydrogen (secondary N) is 2. The molecule has 0 atom stereocenters. The maximum Gasteiger partial charge on any atom is 0.256 e. The molecule has 186 valence electrons. The number of aromatic nitrogens is 1. The molecule has 35 heavy (non-hydrogen) atoms. The predicted octanol–water partition coefficient (Wildman–Crippen LogP) is 4.52. The first kappa shape index (κ1) is 26.2.